The van der Waals surface area contributed by atoms with Gasteiger partial charge in [0, 0.05) is 18.7 Å². The van der Waals surface area contributed by atoms with E-state index in [2.05, 4.69) is 0 Å². The van der Waals surface area contributed by atoms with Gasteiger partial charge in [0.2, 0.25) is 0 Å². The van der Waals surface area contributed by atoms with E-state index >= 15 is 0 Å². The molecule has 0 aromatic heterocycles. The molecule has 1 heterocycles. The molecule has 1 aliphatic rings. The zero-order valence-corrected chi connectivity index (χ0v) is 8.89. The summed E-state index contributed by atoms with van der Waals surface area (Å²) >= 11 is 0. The highest BCUT2D eigenvalue weighted by Crippen LogP contribution is 2.11. The molecule has 0 aliphatic carbocycles. The van der Waals surface area contributed by atoms with Crippen LogP contribution in [-0.2, 0) is 4.74 Å². The van der Waals surface area contributed by atoms with E-state index < -0.39 is 0 Å². The van der Waals surface area contributed by atoms with E-state index in [-0.39, 0.29) is 5.91 Å². The highest BCUT2D eigenvalue weighted by atomic mass is 16.5. The molecule has 1 aromatic carbocycles. The number of nitrogens with zero attached hydrogens (tertiary/aromatic N) is 1. The molecule has 84 valence electrons. The van der Waals surface area contributed by atoms with Crippen LogP contribution >= 0.6 is 0 Å². The van der Waals surface area contributed by atoms with Gasteiger partial charge in [-0.25, -0.2) is 0 Å². The smallest absolute Gasteiger partial charge is 0.254 e. The van der Waals surface area contributed by atoms with Gasteiger partial charge in [-0.1, -0.05) is 18.2 Å². The largest absolute Gasteiger partial charge is 0.378 e. The lowest BCUT2D eigenvalue weighted by Gasteiger charge is -2.27. The SMILES string of the molecule is O=Cc1ccccc1C(=O)N1CCOCC1. The molecule has 1 saturated heterocycles. The normalized spacial score (nSPS) is 15.9. The molecule has 0 spiro atoms. The summed E-state index contributed by atoms with van der Waals surface area (Å²) in [6.45, 7) is 2.31. The third-order valence-electron chi connectivity index (χ3n) is 2.62. The number of rotatable bonds is 2. The van der Waals surface area contributed by atoms with Crippen LogP contribution in [0.5, 0.6) is 0 Å². The zero-order valence-electron chi connectivity index (χ0n) is 8.89. The second kappa shape index (κ2) is 4.90. The van der Waals surface area contributed by atoms with Gasteiger partial charge in [0.05, 0.1) is 18.8 Å². The molecule has 4 nitrogen and oxygen atoms in total. The predicted octanol–water partition coefficient (Wildman–Crippen LogP) is 0.972. The van der Waals surface area contributed by atoms with Crippen LogP contribution in [0.2, 0.25) is 0 Å². The van der Waals surface area contributed by atoms with Gasteiger partial charge >= 0.3 is 0 Å². The van der Waals surface area contributed by atoms with Gasteiger partial charge in [-0.2, -0.15) is 0 Å². The Balaban J connectivity index is 2.22. The Hall–Kier alpha value is -1.68. The lowest BCUT2D eigenvalue weighted by atomic mass is 10.1. The molecule has 0 saturated carbocycles. The van der Waals surface area contributed by atoms with Crippen LogP contribution in [0.4, 0.5) is 0 Å². The van der Waals surface area contributed by atoms with Crippen molar-refractivity contribution in [2.45, 2.75) is 0 Å². The van der Waals surface area contributed by atoms with Crippen molar-refractivity contribution < 1.29 is 14.3 Å². The van der Waals surface area contributed by atoms with Crippen LogP contribution in [0.1, 0.15) is 20.7 Å². The molecule has 1 amide bonds. The maximum absolute atomic E-state index is 12.1. The Morgan fingerprint density at radius 1 is 1.25 bits per heavy atom. The zero-order chi connectivity index (χ0) is 11.4. The van der Waals surface area contributed by atoms with Crippen LogP contribution < -0.4 is 0 Å². The summed E-state index contributed by atoms with van der Waals surface area (Å²) in [6, 6.07) is 6.85. The van der Waals surface area contributed by atoms with Gasteiger partial charge in [-0.3, -0.25) is 9.59 Å². The minimum Gasteiger partial charge on any atom is -0.378 e. The minimum absolute atomic E-state index is 0.0917. The number of amides is 1. The number of hydrogen-bond donors (Lipinski definition) is 0. The van der Waals surface area contributed by atoms with Crippen LogP contribution in [0.15, 0.2) is 24.3 Å². The molecule has 16 heavy (non-hydrogen) atoms. The lowest BCUT2D eigenvalue weighted by molar-refractivity contribution is 0.0302. The summed E-state index contributed by atoms with van der Waals surface area (Å²) < 4.78 is 5.18. The lowest BCUT2D eigenvalue weighted by Crippen LogP contribution is -2.41. The monoisotopic (exact) mass is 219 g/mol. The van der Waals surface area contributed by atoms with Crippen molar-refractivity contribution in [1.29, 1.82) is 0 Å². The summed E-state index contributed by atoms with van der Waals surface area (Å²) in [6.07, 6.45) is 0.716. The van der Waals surface area contributed by atoms with Crippen LogP contribution in [0, 0.1) is 0 Å². The Kier molecular flexibility index (Phi) is 3.31. The molecular formula is C12H13NO3. The number of morpholine rings is 1. The fraction of sp³-hybridized carbons (Fsp3) is 0.333. The van der Waals surface area contributed by atoms with Crippen LogP contribution in [-0.4, -0.2) is 43.4 Å². The van der Waals surface area contributed by atoms with Gasteiger partial charge in [-0.15, -0.1) is 0 Å². The minimum atomic E-state index is -0.0917. The first kappa shape index (κ1) is 10.8. The maximum atomic E-state index is 12.1. The van der Waals surface area contributed by atoms with E-state index in [9.17, 15) is 9.59 Å². The van der Waals surface area contributed by atoms with Crippen molar-refractivity contribution in [3.05, 3.63) is 35.4 Å². The maximum Gasteiger partial charge on any atom is 0.254 e. The summed E-state index contributed by atoms with van der Waals surface area (Å²) in [7, 11) is 0. The Labute approximate surface area is 93.8 Å². The number of carbonyl (C=O) groups excluding carboxylic acids is 2. The van der Waals surface area contributed by atoms with E-state index in [4.69, 9.17) is 4.74 Å². The quantitative estimate of drug-likeness (QED) is 0.696. The Morgan fingerprint density at radius 2 is 1.94 bits per heavy atom. The summed E-state index contributed by atoms with van der Waals surface area (Å²) in [5.74, 6) is -0.0917. The van der Waals surface area contributed by atoms with Gasteiger partial charge < -0.3 is 9.64 Å². The second-order valence-corrected chi connectivity index (χ2v) is 3.61. The molecular weight excluding hydrogens is 206 g/mol. The first-order chi connectivity index (χ1) is 7.83. The van der Waals surface area contributed by atoms with Crippen LogP contribution in [0.3, 0.4) is 0 Å². The van der Waals surface area contributed by atoms with Gasteiger partial charge in [0.25, 0.3) is 5.91 Å². The summed E-state index contributed by atoms with van der Waals surface area (Å²) in [4.78, 5) is 24.6. The topological polar surface area (TPSA) is 46.6 Å². The van der Waals surface area contributed by atoms with Gasteiger partial charge in [0.1, 0.15) is 0 Å². The second-order valence-electron chi connectivity index (χ2n) is 3.61. The Morgan fingerprint density at radius 3 is 2.62 bits per heavy atom. The van der Waals surface area contributed by atoms with Crippen molar-refractivity contribution in [2.75, 3.05) is 26.3 Å². The number of aldehydes is 1. The molecule has 2 rings (SSSR count). The molecule has 0 radical (unpaired) electrons. The molecule has 0 unspecified atom stereocenters. The molecule has 0 N–H and O–H groups in total. The summed E-state index contributed by atoms with van der Waals surface area (Å²) in [5, 5.41) is 0. The first-order valence-corrected chi connectivity index (χ1v) is 5.24. The van der Waals surface area contributed by atoms with Crippen LogP contribution in [0.25, 0.3) is 0 Å². The van der Waals surface area contributed by atoms with Crippen molar-refractivity contribution in [1.82, 2.24) is 4.90 Å². The molecule has 1 aromatic rings. The standard InChI is InChI=1S/C12H13NO3/c14-9-10-3-1-2-4-11(10)12(15)13-5-7-16-8-6-13/h1-4,9H,5-8H2. The van der Waals surface area contributed by atoms with Crippen molar-refractivity contribution in [3.63, 3.8) is 0 Å². The van der Waals surface area contributed by atoms with E-state index in [1.807, 2.05) is 0 Å². The third kappa shape index (κ3) is 2.12. The molecule has 0 atom stereocenters. The molecule has 1 fully saturated rings. The highest BCUT2D eigenvalue weighted by Gasteiger charge is 2.20. The van der Waals surface area contributed by atoms with Gasteiger partial charge in [-0.05, 0) is 6.07 Å². The predicted molar refractivity (Wildman–Crippen MR) is 58.6 cm³/mol. The van der Waals surface area contributed by atoms with E-state index in [1.54, 1.807) is 29.2 Å². The highest BCUT2D eigenvalue weighted by molar-refractivity contribution is 6.01. The molecule has 0 bridgehead atoms. The van der Waals surface area contributed by atoms with E-state index in [1.165, 1.54) is 0 Å². The number of ether oxygens (including phenoxy) is 1. The van der Waals surface area contributed by atoms with Crippen molar-refractivity contribution in [2.24, 2.45) is 0 Å². The van der Waals surface area contributed by atoms with E-state index in [0.717, 1.165) is 0 Å². The molecule has 1 aliphatic heterocycles. The summed E-state index contributed by atoms with van der Waals surface area (Å²) in [5.41, 5.74) is 0.915. The van der Waals surface area contributed by atoms with E-state index in [0.29, 0.717) is 43.7 Å². The number of carbonyl (C=O) groups is 2. The third-order valence-corrected chi connectivity index (χ3v) is 2.62. The first-order valence-electron chi connectivity index (χ1n) is 5.24. The fourth-order valence-electron chi connectivity index (χ4n) is 1.73. The molecule has 4 heteroatoms. The van der Waals surface area contributed by atoms with Gasteiger partial charge in [0.15, 0.2) is 6.29 Å². The Bertz CT molecular complexity index is 397. The number of benzene rings is 1. The fourth-order valence-corrected chi connectivity index (χ4v) is 1.73. The average molecular weight is 219 g/mol. The van der Waals surface area contributed by atoms with Crippen molar-refractivity contribution >= 4 is 12.2 Å². The van der Waals surface area contributed by atoms with Crippen molar-refractivity contribution in [3.8, 4) is 0 Å². The average Bonchev–Trinajstić information content (AvgIpc) is 2.39. The number of hydrogen-bond acceptors (Lipinski definition) is 3.